The molecule has 2 aromatic carbocycles. The number of halogens is 1. The molecule has 1 aromatic heterocycles. The monoisotopic (exact) mass is 356 g/mol. The summed E-state index contributed by atoms with van der Waals surface area (Å²) in [6, 6.07) is 15.5. The highest BCUT2D eigenvalue weighted by molar-refractivity contribution is 7.99. The fraction of sp³-hybridized carbons (Fsp3) is 0.167. The first kappa shape index (κ1) is 17.2. The molecule has 128 valence electrons. The van der Waals surface area contributed by atoms with Crippen molar-refractivity contribution in [3.05, 3.63) is 60.4 Å². The number of rotatable bonds is 6. The minimum absolute atomic E-state index is 0.117. The standard InChI is InChI=1S/C18H17FN4OS/c1-2-23-17(13-7-6-8-14(19)11-13)21-22-18(23)25-12-16(24)20-15-9-4-3-5-10-15/h3-11H,2,12H2,1H3,(H,20,24). The van der Waals surface area contributed by atoms with Gasteiger partial charge in [0.05, 0.1) is 5.75 Å². The molecule has 1 heterocycles. The first-order valence-corrected chi connectivity index (χ1v) is 8.82. The van der Waals surface area contributed by atoms with Crippen molar-refractivity contribution in [3.8, 4) is 11.4 Å². The first-order valence-electron chi connectivity index (χ1n) is 7.84. The molecule has 0 saturated heterocycles. The maximum Gasteiger partial charge on any atom is 0.234 e. The Morgan fingerprint density at radius 3 is 2.68 bits per heavy atom. The van der Waals surface area contributed by atoms with Crippen molar-refractivity contribution in [3.63, 3.8) is 0 Å². The average Bonchev–Trinajstić information content (AvgIpc) is 3.04. The van der Waals surface area contributed by atoms with Crippen molar-refractivity contribution in [1.29, 1.82) is 0 Å². The quantitative estimate of drug-likeness (QED) is 0.682. The Morgan fingerprint density at radius 2 is 1.96 bits per heavy atom. The zero-order chi connectivity index (χ0) is 17.6. The fourth-order valence-electron chi connectivity index (χ4n) is 2.37. The number of benzene rings is 2. The molecule has 0 radical (unpaired) electrons. The van der Waals surface area contributed by atoms with Crippen LogP contribution >= 0.6 is 11.8 Å². The molecule has 3 aromatic rings. The van der Waals surface area contributed by atoms with E-state index < -0.39 is 0 Å². The Morgan fingerprint density at radius 1 is 1.16 bits per heavy atom. The topological polar surface area (TPSA) is 59.8 Å². The third-order valence-corrected chi connectivity index (χ3v) is 4.47. The molecule has 1 amide bonds. The number of carbonyl (C=O) groups excluding carboxylic acids is 1. The summed E-state index contributed by atoms with van der Waals surface area (Å²) < 4.78 is 15.3. The molecule has 0 aliphatic carbocycles. The Bertz CT molecular complexity index is 867. The number of aromatic nitrogens is 3. The zero-order valence-electron chi connectivity index (χ0n) is 13.6. The molecule has 0 bridgehead atoms. The summed E-state index contributed by atoms with van der Waals surface area (Å²) >= 11 is 1.30. The molecule has 0 saturated carbocycles. The van der Waals surface area contributed by atoms with Gasteiger partial charge in [0.1, 0.15) is 5.82 Å². The highest BCUT2D eigenvalue weighted by atomic mass is 32.2. The SMILES string of the molecule is CCn1c(SCC(=O)Nc2ccccc2)nnc1-c1cccc(F)c1. The summed E-state index contributed by atoms with van der Waals surface area (Å²) in [5.74, 6) is 0.373. The lowest BCUT2D eigenvalue weighted by atomic mass is 10.2. The smallest absolute Gasteiger partial charge is 0.234 e. The van der Waals surface area contributed by atoms with Gasteiger partial charge >= 0.3 is 0 Å². The first-order chi connectivity index (χ1) is 12.2. The number of thioether (sulfide) groups is 1. The van der Waals surface area contributed by atoms with Crippen LogP contribution in [0.4, 0.5) is 10.1 Å². The maximum absolute atomic E-state index is 13.4. The predicted molar refractivity (Wildman–Crippen MR) is 96.9 cm³/mol. The lowest BCUT2D eigenvalue weighted by Gasteiger charge is -2.08. The number of para-hydroxylation sites is 1. The minimum atomic E-state index is -0.320. The normalized spacial score (nSPS) is 10.6. The molecule has 0 aliphatic rings. The third kappa shape index (κ3) is 4.24. The highest BCUT2D eigenvalue weighted by Crippen LogP contribution is 2.24. The van der Waals surface area contributed by atoms with Gasteiger partial charge < -0.3 is 9.88 Å². The van der Waals surface area contributed by atoms with E-state index in [0.29, 0.717) is 23.1 Å². The molecule has 7 heteroatoms. The van der Waals surface area contributed by atoms with Crippen LogP contribution in [0, 0.1) is 5.82 Å². The van der Waals surface area contributed by atoms with Crippen molar-refractivity contribution in [1.82, 2.24) is 14.8 Å². The molecule has 0 atom stereocenters. The number of carbonyl (C=O) groups is 1. The van der Waals surface area contributed by atoms with Gasteiger partial charge in [0, 0.05) is 17.8 Å². The van der Waals surface area contributed by atoms with E-state index >= 15 is 0 Å². The van der Waals surface area contributed by atoms with Crippen LogP contribution in [-0.2, 0) is 11.3 Å². The van der Waals surface area contributed by atoms with Crippen LogP contribution in [0.2, 0.25) is 0 Å². The lowest BCUT2D eigenvalue weighted by molar-refractivity contribution is -0.113. The van der Waals surface area contributed by atoms with Crippen LogP contribution < -0.4 is 5.32 Å². The van der Waals surface area contributed by atoms with Crippen LogP contribution in [-0.4, -0.2) is 26.4 Å². The lowest BCUT2D eigenvalue weighted by Crippen LogP contribution is -2.14. The van der Waals surface area contributed by atoms with Crippen LogP contribution in [0.25, 0.3) is 11.4 Å². The van der Waals surface area contributed by atoms with Gasteiger partial charge in [-0.25, -0.2) is 4.39 Å². The van der Waals surface area contributed by atoms with Gasteiger partial charge in [0.25, 0.3) is 0 Å². The molecular formula is C18H17FN4OS. The van der Waals surface area contributed by atoms with E-state index in [1.165, 1.54) is 23.9 Å². The molecule has 0 aliphatic heterocycles. The van der Waals surface area contributed by atoms with Gasteiger partial charge in [-0.1, -0.05) is 42.1 Å². The van der Waals surface area contributed by atoms with Crippen molar-refractivity contribution in [2.45, 2.75) is 18.6 Å². The fourth-order valence-corrected chi connectivity index (χ4v) is 3.17. The van der Waals surface area contributed by atoms with E-state index in [1.54, 1.807) is 12.1 Å². The summed E-state index contributed by atoms with van der Waals surface area (Å²) in [7, 11) is 0. The summed E-state index contributed by atoms with van der Waals surface area (Å²) in [5, 5.41) is 11.8. The Labute approximate surface area is 149 Å². The van der Waals surface area contributed by atoms with Crippen LogP contribution in [0.15, 0.2) is 59.8 Å². The van der Waals surface area contributed by atoms with Gasteiger partial charge in [-0.05, 0) is 31.2 Å². The van der Waals surface area contributed by atoms with E-state index in [9.17, 15) is 9.18 Å². The molecule has 0 spiro atoms. The van der Waals surface area contributed by atoms with Gasteiger partial charge in [0.15, 0.2) is 11.0 Å². The summed E-state index contributed by atoms with van der Waals surface area (Å²) in [4.78, 5) is 12.1. The van der Waals surface area contributed by atoms with Gasteiger partial charge in [-0.2, -0.15) is 0 Å². The van der Waals surface area contributed by atoms with Crippen LogP contribution in [0.5, 0.6) is 0 Å². The number of hydrogen-bond donors (Lipinski definition) is 1. The van der Waals surface area contributed by atoms with Crippen molar-refractivity contribution in [2.75, 3.05) is 11.1 Å². The van der Waals surface area contributed by atoms with E-state index in [4.69, 9.17) is 0 Å². The number of anilines is 1. The second-order valence-electron chi connectivity index (χ2n) is 5.26. The molecule has 0 unspecified atom stereocenters. The molecule has 0 fully saturated rings. The molecule has 3 rings (SSSR count). The summed E-state index contributed by atoms with van der Waals surface area (Å²) in [6.45, 7) is 2.59. The van der Waals surface area contributed by atoms with Gasteiger partial charge in [0.2, 0.25) is 5.91 Å². The highest BCUT2D eigenvalue weighted by Gasteiger charge is 2.15. The Hall–Kier alpha value is -2.67. The van der Waals surface area contributed by atoms with Gasteiger partial charge in [-0.15, -0.1) is 10.2 Å². The number of nitrogens with one attached hydrogen (secondary N) is 1. The third-order valence-electron chi connectivity index (χ3n) is 3.51. The number of hydrogen-bond acceptors (Lipinski definition) is 4. The summed E-state index contributed by atoms with van der Waals surface area (Å²) in [6.07, 6.45) is 0. The zero-order valence-corrected chi connectivity index (χ0v) is 14.5. The molecular weight excluding hydrogens is 339 g/mol. The average molecular weight is 356 g/mol. The van der Waals surface area contributed by atoms with Crippen LogP contribution in [0.3, 0.4) is 0 Å². The molecule has 25 heavy (non-hydrogen) atoms. The van der Waals surface area contributed by atoms with E-state index in [1.807, 2.05) is 41.8 Å². The van der Waals surface area contributed by atoms with Crippen molar-refractivity contribution >= 4 is 23.4 Å². The number of amides is 1. The second-order valence-corrected chi connectivity index (χ2v) is 6.21. The van der Waals surface area contributed by atoms with E-state index in [2.05, 4.69) is 15.5 Å². The largest absolute Gasteiger partial charge is 0.325 e. The van der Waals surface area contributed by atoms with Crippen LogP contribution in [0.1, 0.15) is 6.92 Å². The predicted octanol–water partition coefficient (Wildman–Crippen LogP) is 3.83. The Balaban J connectivity index is 1.70. The number of nitrogens with zero attached hydrogens (tertiary/aromatic N) is 3. The van der Waals surface area contributed by atoms with Gasteiger partial charge in [-0.3, -0.25) is 4.79 Å². The minimum Gasteiger partial charge on any atom is -0.325 e. The molecule has 5 nitrogen and oxygen atoms in total. The molecule has 1 N–H and O–H groups in total. The maximum atomic E-state index is 13.4. The van der Waals surface area contributed by atoms with Crippen molar-refractivity contribution < 1.29 is 9.18 Å². The van der Waals surface area contributed by atoms with E-state index in [0.717, 1.165) is 5.69 Å². The van der Waals surface area contributed by atoms with Crippen molar-refractivity contribution in [2.24, 2.45) is 0 Å². The van der Waals surface area contributed by atoms with E-state index in [-0.39, 0.29) is 17.5 Å². The second kappa shape index (κ2) is 7.94. The Kier molecular flexibility index (Phi) is 5.45. The summed E-state index contributed by atoms with van der Waals surface area (Å²) in [5.41, 5.74) is 1.42.